The Hall–Kier alpha value is -1.63. The van der Waals surface area contributed by atoms with Crippen LogP contribution >= 0.6 is 0 Å². The lowest BCUT2D eigenvalue weighted by molar-refractivity contribution is -0.384. The molecule has 106 valence electrons. The largest absolute Gasteiger partial charge is 0.362 e. The molecule has 1 saturated heterocycles. The second kappa shape index (κ2) is 6.01. The predicted octanol–water partition coefficient (Wildman–Crippen LogP) is 1.44. The van der Waals surface area contributed by atoms with E-state index in [2.05, 4.69) is 15.7 Å². The first-order valence-corrected chi connectivity index (χ1v) is 6.81. The monoisotopic (exact) mass is 267 g/mol. The third kappa shape index (κ3) is 3.04. The Morgan fingerprint density at radius 1 is 1.53 bits per heavy atom. The molecule has 0 aliphatic carbocycles. The molecule has 7 heteroatoms. The molecule has 1 atom stereocenters. The van der Waals surface area contributed by atoms with Gasteiger partial charge in [-0.1, -0.05) is 6.92 Å². The van der Waals surface area contributed by atoms with Crippen molar-refractivity contribution in [3.63, 3.8) is 0 Å². The smallest absolute Gasteiger partial charge is 0.333 e. The van der Waals surface area contributed by atoms with E-state index >= 15 is 0 Å². The molecular formula is C12H21N5O2. The number of nitrogens with one attached hydrogen (secondary N) is 2. The van der Waals surface area contributed by atoms with Gasteiger partial charge in [0.1, 0.15) is 5.69 Å². The highest BCUT2D eigenvalue weighted by Gasteiger charge is 2.27. The fourth-order valence-electron chi connectivity index (χ4n) is 2.52. The zero-order chi connectivity index (χ0) is 13.8. The minimum atomic E-state index is -0.330. The van der Waals surface area contributed by atoms with Gasteiger partial charge >= 0.3 is 5.69 Å². The minimum Gasteiger partial charge on any atom is -0.362 e. The molecule has 0 aromatic carbocycles. The van der Waals surface area contributed by atoms with Crippen molar-refractivity contribution in [3.8, 4) is 0 Å². The van der Waals surface area contributed by atoms with Crippen molar-refractivity contribution in [2.24, 2.45) is 7.05 Å². The summed E-state index contributed by atoms with van der Waals surface area (Å²) in [7, 11) is 1.75. The maximum Gasteiger partial charge on any atom is 0.333 e. The Bertz CT molecular complexity index is 449. The highest BCUT2D eigenvalue weighted by molar-refractivity contribution is 5.60. The van der Waals surface area contributed by atoms with Crippen molar-refractivity contribution < 1.29 is 4.92 Å². The molecule has 7 nitrogen and oxygen atoms in total. The standard InChI is InChI=1S/C12H21N5O2/c1-3-10-11(17(18)19)12(16(2)15-10)14-9-5-4-7-13-8-6-9/h9,13-14H,3-8H2,1-2H3. The van der Waals surface area contributed by atoms with E-state index in [-0.39, 0.29) is 16.7 Å². The maximum atomic E-state index is 11.2. The summed E-state index contributed by atoms with van der Waals surface area (Å²) in [4.78, 5) is 10.9. The van der Waals surface area contributed by atoms with Crippen LogP contribution in [0.3, 0.4) is 0 Å². The zero-order valence-electron chi connectivity index (χ0n) is 11.5. The van der Waals surface area contributed by atoms with Crippen LogP contribution in [-0.2, 0) is 13.5 Å². The van der Waals surface area contributed by atoms with Crippen molar-refractivity contribution in [1.82, 2.24) is 15.1 Å². The van der Waals surface area contributed by atoms with E-state index < -0.39 is 0 Å². The van der Waals surface area contributed by atoms with E-state index in [9.17, 15) is 10.1 Å². The van der Waals surface area contributed by atoms with E-state index in [0.717, 1.165) is 32.4 Å². The SMILES string of the molecule is CCc1nn(C)c(NC2CCCNCC2)c1[N+](=O)[O-]. The van der Waals surface area contributed by atoms with Crippen LogP contribution in [0.5, 0.6) is 0 Å². The van der Waals surface area contributed by atoms with Crippen LogP contribution in [0, 0.1) is 10.1 Å². The first-order valence-electron chi connectivity index (χ1n) is 6.81. The molecule has 2 N–H and O–H groups in total. The zero-order valence-corrected chi connectivity index (χ0v) is 11.5. The van der Waals surface area contributed by atoms with Gasteiger partial charge < -0.3 is 10.6 Å². The molecule has 1 aliphatic rings. The number of hydrogen-bond donors (Lipinski definition) is 2. The summed E-state index contributed by atoms with van der Waals surface area (Å²) in [6, 6.07) is 0.272. The number of aryl methyl sites for hydroxylation is 2. The van der Waals surface area contributed by atoms with Crippen molar-refractivity contribution in [2.45, 2.75) is 38.6 Å². The molecule has 0 bridgehead atoms. The number of hydrogen-bond acceptors (Lipinski definition) is 5. The molecule has 1 aromatic rings. The summed E-state index contributed by atoms with van der Waals surface area (Å²) < 4.78 is 1.59. The lowest BCUT2D eigenvalue weighted by Crippen LogP contribution is -2.23. The lowest BCUT2D eigenvalue weighted by atomic mass is 10.1. The molecule has 0 spiro atoms. The average Bonchev–Trinajstić information content (AvgIpc) is 2.55. The second-order valence-electron chi connectivity index (χ2n) is 4.90. The fraction of sp³-hybridized carbons (Fsp3) is 0.750. The molecule has 19 heavy (non-hydrogen) atoms. The number of aromatic nitrogens is 2. The van der Waals surface area contributed by atoms with Crippen LogP contribution in [0.4, 0.5) is 11.5 Å². The van der Waals surface area contributed by atoms with Crippen LogP contribution in [-0.4, -0.2) is 33.8 Å². The van der Waals surface area contributed by atoms with Gasteiger partial charge in [-0.05, 0) is 38.8 Å². The van der Waals surface area contributed by atoms with Crippen molar-refractivity contribution in [2.75, 3.05) is 18.4 Å². The molecular weight excluding hydrogens is 246 g/mol. The number of nitrogens with zero attached hydrogens (tertiary/aromatic N) is 3. The summed E-state index contributed by atoms with van der Waals surface area (Å²) in [5.74, 6) is 0.536. The quantitative estimate of drug-likeness (QED) is 0.637. The summed E-state index contributed by atoms with van der Waals surface area (Å²) in [6.45, 7) is 3.85. The highest BCUT2D eigenvalue weighted by Crippen LogP contribution is 2.29. The summed E-state index contributed by atoms with van der Waals surface area (Å²) >= 11 is 0. The molecule has 0 radical (unpaired) electrons. The average molecular weight is 267 g/mol. The van der Waals surface area contributed by atoms with E-state index in [1.54, 1.807) is 11.7 Å². The van der Waals surface area contributed by atoms with Gasteiger partial charge in [0.05, 0.1) is 4.92 Å². The Labute approximate surface area is 112 Å². The topological polar surface area (TPSA) is 85.0 Å². The van der Waals surface area contributed by atoms with E-state index in [1.165, 1.54) is 0 Å². The van der Waals surface area contributed by atoms with Crippen molar-refractivity contribution in [1.29, 1.82) is 0 Å². The summed E-state index contributed by atoms with van der Waals surface area (Å²) in [6.07, 6.45) is 3.66. The lowest BCUT2D eigenvalue weighted by Gasteiger charge is -2.16. The third-order valence-corrected chi connectivity index (χ3v) is 3.53. The molecule has 0 saturated carbocycles. The Morgan fingerprint density at radius 3 is 3.00 bits per heavy atom. The van der Waals surface area contributed by atoms with Gasteiger partial charge in [0, 0.05) is 13.1 Å². The van der Waals surface area contributed by atoms with E-state index in [0.29, 0.717) is 17.9 Å². The highest BCUT2D eigenvalue weighted by atomic mass is 16.6. The van der Waals surface area contributed by atoms with Gasteiger partial charge in [0.15, 0.2) is 0 Å². The molecule has 1 unspecified atom stereocenters. The van der Waals surface area contributed by atoms with Gasteiger partial charge in [0.2, 0.25) is 5.82 Å². The molecule has 2 heterocycles. The van der Waals surface area contributed by atoms with Crippen molar-refractivity contribution in [3.05, 3.63) is 15.8 Å². The summed E-state index contributed by atoms with van der Waals surface area (Å²) in [5, 5.41) is 22.1. The number of nitro groups is 1. The Kier molecular flexibility index (Phi) is 4.36. The number of anilines is 1. The number of rotatable bonds is 4. The van der Waals surface area contributed by atoms with E-state index in [1.807, 2.05) is 6.92 Å². The van der Waals surface area contributed by atoms with Crippen LogP contribution in [0.15, 0.2) is 0 Å². The van der Waals surface area contributed by atoms with Gasteiger partial charge in [-0.15, -0.1) is 0 Å². The second-order valence-corrected chi connectivity index (χ2v) is 4.90. The first kappa shape index (κ1) is 13.8. The fourth-order valence-corrected chi connectivity index (χ4v) is 2.52. The van der Waals surface area contributed by atoms with Gasteiger partial charge in [-0.25, -0.2) is 4.68 Å². The summed E-state index contributed by atoms with van der Waals surface area (Å²) in [5.41, 5.74) is 0.670. The van der Waals surface area contributed by atoms with Gasteiger partial charge in [-0.3, -0.25) is 10.1 Å². The molecule has 1 aromatic heterocycles. The van der Waals surface area contributed by atoms with Crippen LogP contribution < -0.4 is 10.6 Å². The predicted molar refractivity (Wildman–Crippen MR) is 73.4 cm³/mol. The molecule has 0 amide bonds. The van der Waals surface area contributed by atoms with Gasteiger partial charge in [-0.2, -0.15) is 5.10 Å². The van der Waals surface area contributed by atoms with E-state index in [4.69, 9.17) is 0 Å². The normalized spacial score (nSPS) is 20.0. The van der Waals surface area contributed by atoms with Crippen LogP contribution in [0.1, 0.15) is 31.9 Å². The molecule has 2 rings (SSSR count). The Balaban J connectivity index is 2.23. The molecule has 1 fully saturated rings. The molecule has 1 aliphatic heterocycles. The first-order chi connectivity index (χ1) is 9.13. The van der Waals surface area contributed by atoms with Crippen LogP contribution in [0.25, 0.3) is 0 Å². The Morgan fingerprint density at radius 2 is 2.32 bits per heavy atom. The van der Waals surface area contributed by atoms with Gasteiger partial charge in [0.25, 0.3) is 0 Å². The van der Waals surface area contributed by atoms with Crippen molar-refractivity contribution >= 4 is 11.5 Å². The minimum absolute atomic E-state index is 0.127. The van der Waals surface area contributed by atoms with Crippen LogP contribution in [0.2, 0.25) is 0 Å². The third-order valence-electron chi connectivity index (χ3n) is 3.53. The maximum absolute atomic E-state index is 11.2.